The lowest BCUT2D eigenvalue weighted by Crippen LogP contribution is -2.17. The van der Waals surface area contributed by atoms with Gasteiger partial charge in [-0.25, -0.2) is 4.98 Å². The zero-order valence-electron chi connectivity index (χ0n) is 10.6. The number of ether oxygens (including phenoxy) is 1. The molecule has 0 aliphatic heterocycles. The molecule has 2 aromatic rings. The van der Waals surface area contributed by atoms with E-state index in [1.807, 2.05) is 0 Å². The Bertz CT molecular complexity index is 618. The molecule has 0 saturated heterocycles. The highest BCUT2D eigenvalue weighted by molar-refractivity contribution is 6.29. The third-order valence-electron chi connectivity index (χ3n) is 2.32. The van der Waals surface area contributed by atoms with Gasteiger partial charge in [-0.15, -0.1) is 0 Å². The van der Waals surface area contributed by atoms with E-state index in [4.69, 9.17) is 22.1 Å². The van der Waals surface area contributed by atoms with Gasteiger partial charge >= 0.3 is 0 Å². The normalized spacial score (nSPS) is 10.1. The van der Waals surface area contributed by atoms with Crippen molar-refractivity contribution < 1.29 is 9.53 Å². The van der Waals surface area contributed by atoms with Gasteiger partial charge in [0.25, 0.3) is 0 Å². The zero-order chi connectivity index (χ0) is 14.5. The van der Waals surface area contributed by atoms with E-state index in [9.17, 15) is 4.79 Å². The van der Waals surface area contributed by atoms with Crippen molar-refractivity contribution in [2.45, 2.75) is 6.42 Å². The molecule has 3 N–H and O–H groups in total. The van der Waals surface area contributed by atoms with Crippen LogP contribution in [-0.4, -0.2) is 28.0 Å². The van der Waals surface area contributed by atoms with Crippen LogP contribution in [0.2, 0.25) is 5.15 Å². The van der Waals surface area contributed by atoms with Crippen LogP contribution in [0.3, 0.4) is 0 Å². The van der Waals surface area contributed by atoms with E-state index in [0.717, 1.165) is 0 Å². The molecule has 1 amide bonds. The van der Waals surface area contributed by atoms with Crippen molar-refractivity contribution in [2.75, 3.05) is 18.2 Å². The van der Waals surface area contributed by atoms with Gasteiger partial charge in [0.2, 0.25) is 17.7 Å². The van der Waals surface area contributed by atoms with E-state index in [-0.39, 0.29) is 29.3 Å². The molecule has 0 radical (unpaired) electrons. The van der Waals surface area contributed by atoms with E-state index in [1.54, 1.807) is 12.1 Å². The monoisotopic (exact) mass is 293 g/mol. The largest absolute Gasteiger partial charge is 0.481 e. The quantitative estimate of drug-likeness (QED) is 0.824. The summed E-state index contributed by atoms with van der Waals surface area (Å²) in [5.41, 5.74) is 6.65. The molecule has 0 aromatic carbocycles. The van der Waals surface area contributed by atoms with Crippen LogP contribution in [0, 0.1) is 0 Å². The molecule has 0 unspecified atom stereocenters. The maximum atomic E-state index is 11.8. The lowest BCUT2D eigenvalue weighted by atomic mass is 10.2. The molecule has 20 heavy (non-hydrogen) atoms. The number of carbonyl (C=O) groups excluding carboxylic acids is 1. The van der Waals surface area contributed by atoms with Gasteiger partial charge in [-0.2, -0.15) is 4.98 Å². The van der Waals surface area contributed by atoms with E-state index in [1.165, 1.54) is 19.4 Å². The Balaban J connectivity index is 2.04. The van der Waals surface area contributed by atoms with Gasteiger partial charge in [-0.05, 0) is 12.1 Å². The molecule has 2 aromatic heterocycles. The lowest BCUT2D eigenvalue weighted by Gasteiger charge is -2.05. The topological polar surface area (TPSA) is 103 Å². The fraction of sp³-hybridized carbons (Fsp3) is 0.167. The third kappa shape index (κ3) is 3.79. The summed E-state index contributed by atoms with van der Waals surface area (Å²) in [6.07, 6.45) is 1.57. The van der Waals surface area contributed by atoms with Crippen molar-refractivity contribution in [3.8, 4) is 5.88 Å². The predicted molar refractivity (Wildman–Crippen MR) is 74.6 cm³/mol. The molecule has 0 bridgehead atoms. The fourth-order valence-corrected chi connectivity index (χ4v) is 1.60. The standard InChI is InChI=1S/C12H12ClN5O2/c1-20-11-5-9(13)16-12(18-11)17-10(19)4-8-3-2-7(14)6-15-8/h2-3,5-6H,4,14H2,1H3,(H,16,17,18,19). The van der Waals surface area contributed by atoms with E-state index < -0.39 is 0 Å². The maximum absolute atomic E-state index is 11.8. The predicted octanol–water partition coefficient (Wildman–Crippen LogP) is 1.30. The van der Waals surface area contributed by atoms with Crippen molar-refractivity contribution in [3.63, 3.8) is 0 Å². The minimum absolute atomic E-state index is 0.0785. The molecule has 2 heterocycles. The second-order valence-corrected chi connectivity index (χ2v) is 4.25. The fourth-order valence-electron chi connectivity index (χ4n) is 1.43. The van der Waals surface area contributed by atoms with E-state index in [0.29, 0.717) is 11.4 Å². The van der Waals surface area contributed by atoms with Gasteiger partial charge in [0.05, 0.1) is 25.4 Å². The zero-order valence-corrected chi connectivity index (χ0v) is 11.4. The van der Waals surface area contributed by atoms with Crippen molar-refractivity contribution >= 4 is 29.1 Å². The molecule has 0 aliphatic rings. The summed E-state index contributed by atoms with van der Waals surface area (Å²) in [5, 5.41) is 2.70. The molecule has 0 saturated carbocycles. The Morgan fingerprint density at radius 1 is 1.45 bits per heavy atom. The number of anilines is 2. The summed E-state index contributed by atoms with van der Waals surface area (Å²) >= 11 is 5.78. The van der Waals surface area contributed by atoms with Crippen molar-refractivity contribution in [1.29, 1.82) is 0 Å². The average Bonchev–Trinajstić information content (AvgIpc) is 2.40. The summed E-state index contributed by atoms with van der Waals surface area (Å²) < 4.78 is 4.94. The number of amides is 1. The number of methoxy groups -OCH3 is 1. The molecule has 0 fully saturated rings. The number of hydrogen-bond acceptors (Lipinski definition) is 6. The number of nitrogen functional groups attached to an aromatic ring is 1. The van der Waals surface area contributed by atoms with E-state index >= 15 is 0 Å². The molecule has 104 valence electrons. The molecular weight excluding hydrogens is 282 g/mol. The molecule has 0 aliphatic carbocycles. The summed E-state index contributed by atoms with van der Waals surface area (Å²) in [4.78, 5) is 23.7. The van der Waals surface area contributed by atoms with Gasteiger partial charge < -0.3 is 10.5 Å². The number of hydrogen-bond donors (Lipinski definition) is 2. The number of rotatable bonds is 4. The second-order valence-electron chi connectivity index (χ2n) is 3.86. The van der Waals surface area contributed by atoms with Crippen LogP contribution in [0.25, 0.3) is 0 Å². The van der Waals surface area contributed by atoms with Gasteiger partial charge in [0, 0.05) is 11.8 Å². The first kappa shape index (κ1) is 14.0. The highest BCUT2D eigenvalue weighted by Gasteiger charge is 2.09. The number of nitrogens with one attached hydrogen (secondary N) is 1. The Hall–Kier alpha value is -2.41. The Kier molecular flexibility index (Phi) is 4.31. The molecule has 0 atom stereocenters. The molecule has 7 nitrogen and oxygen atoms in total. The smallest absolute Gasteiger partial charge is 0.234 e. The lowest BCUT2D eigenvalue weighted by molar-refractivity contribution is -0.115. The van der Waals surface area contributed by atoms with Gasteiger partial charge in [0.1, 0.15) is 5.15 Å². The summed E-state index contributed by atoms with van der Waals surface area (Å²) in [5.74, 6) is 0.0345. The summed E-state index contributed by atoms with van der Waals surface area (Å²) in [6, 6.07) is 4.79. The van der Waals surface area contributed by atoms with Gasteiger partial charge in [0.15, 0.2) is 0 Å². The first-order valence-electron chi connectivity index (χ1n) is 5.65. The Labute approximate surface area is 120 Å². The second kappa shape index (κ2) is 6.16. The number of nitrogens with zero attached hydrogens (tertiary/aromatic N) is 3. The molecule has 0 spiro atoms. The third-order valence-corrected chi connectivity index (χ3v) is 2.51. The van der Waals surface area contributed by atoms with Crippen LogP contribution in [0.4, 0.5) is 11.6 Å². The van der Waals surface area contributed by atoms with Crippen LogP contribution in [-0.2, 0) is 11.2 Å². The van der Waals surface area contributed by atoms with Crippen LogP contribution < -0.4 is 15.8 Å². The number of aromatic nitrogens is 3. The molecular formula is C12H12ClN5O2. The number of nitrogens with two attached hydrogens (primary N) is 1. The summed E-state index contributed by atoms with van der Waals surface area (Å²) in [6.45, 7) is 0. The molecule has 8 heteroatoms. The number of pyridine rings is 1. The Morgan fingerprint density at radius 2 is 2.25 bits per heavy atom. The van der Waals surface area contributed by atoms with Crippen molar-refractivity contribution in [2.24, 2.45) is 0 Å². The highest BCUT2D eigenvalue weighted by atomic mass is 35.5. The van der Waals surface area contributed by atoms with Crippen molar-refractivity contribution in [3.05, 3.63) is 35.2 Å². The molecule has 2 rings (SSSR count). The van der Waals surface area contributed by atoms with Crippen molar-refractivity contribution in [1.82, 2.24) is 15.0 Å². The van der Waals surface area contributed by atoms with Gasteiger partial charge in [-0.1, -0.05) is 11.6 Å². The van der Waals surface area contributed by atoms with E-state index in [2.05, 4.69) is 20.3 Å². The SMILES string of the molecule is COc1cc(Cl)nc(NC(=O)Cc2ccc(N)cn2)n1. The van der Waals surface area contributed by atoms with Crippen LogP contribution in [0.1, 0.15) is 5.69 Å². The first-order chi connectivity index (χ1) is 9.56. The number of halogens is 1. The highest BCUT2D eigenvalue weighted by Crippen LogP contribution is 2.15. The minimum Gasteiger partial charge on any atom is -0.481 e. The van der Waals surface area contributed by atoms with Gasteiger partial charge in [-0.3, -0.25) is 15.1 Å². The van der Waals surface area contributed by atoms with Crippen LogP contribution in [0.5, 0.6) is 5.88 Å². The first-order valence-corrected chi connectivity index (χ1v) is 6.03. The minimum atomic E-state index is -0.313. The Morgan fingerprint density at radius 3 is 2.90 bits per heavy atom. The average molecular weight is 294 g/mol. The number of carbonyl (C=O) groups is 1. The maximum Gasteiger partial charge on any atom is 0.234 e. The summed E-state index contributed by atoms with van der Waals surface area (Å²) in [7, 11) is 1.45. The van der Waals surface area contributed by atoms with Crippen LogP contribution in [0.15, 0.2) is 24.4 Å². The van der Waals surface area contributed by atoms with Crippen LogP contribution >= 0.6 is 11.6 Å².